The smallest absolute Gasteiger partial charge is 0.162 e. The fraction of sp³-hybridized carbons (Fsp3) is 0.286. The summed E-state index contributed by atoms with van der Waals surface area (Å²) in [5.74, 6) is 3.58. The SMILES string of the molecule is COc1cc2nc(C)nc(NCc3ccc(-c4c(C)noc4C)s3)c2cc1OC. The maximum Gasteiger partial charge on any atom is 0.162 e. The molecule has 3 heterocycles. The molecule has 0 aliphatic rings. The lowest BCUT2D eigenvalue weighted by molar-refractivity contribution is 0.356. The number of benzene rings is 1. The zero-order chi connectivity index (χ0) is 20.5. The first-order valence-corrected chi connectivity index (χ1v) is 9.98. The van der Waals surface area contributed by atoms with Crippen LogP contribution in [0.2, 0.25) is 0 Å². The Morgan fingerprint density at radius 2 is 1.79 bits per heavy atom. The minimum absolute atomic E-state index is 0.645. The molecule has 4 rings (SSSR count). The van der Waals surface area contributed by atoms with Crippen molar-refractivity contribution >= 4 is 28.1 Å². The van der Waals surface area contributed by atoms with Crippen molar-refractivity contribution in [3.05, 3.63) is 46.4 Å². The second-order valence-electron chi connectivity index (χ2n) is 6.66. The van der Waals surface area contributed by atoms with E-state index in [4.69, 9.17) is 14.0 Å². The zero-order valence-electron chi connectivity index (χ0n) is 17.0. The molecule has 0 atom stereocenters. The van der Waals surface area contributed by atoms with E-state index in [1.807, 2.05) is 32.9 Å². The monoisotopic (exact) mass is 410 g/mol. The van der Waals surface area contributed by atoms with E-state index in [9.17, 15) is 0 Å². The van der Waals surface area contributed by atoms with Crippen molar-refractivity contribution in [1.29, 1.82) is 0 Å². The van der Waals surface area contributed by atoms with Crippen molar-refractivity contribution in [3.63, 3.8) is 0 Å². The van der Waals surface area contributed by atoms with Gasteiger partial charge in [-0.05, 0) is 39.0 Å². The molecule has 29 heavy (non-hydrogen) atoms. The van der Waals surface area contributed by atoms with Gasteiger partial charge in [-0.15, -0.1) is 11.3 Å². The molecule has 0 aliphatic heterocycles. The van der Waals surface area contributed by atoms with Crippen LogP contribution in [0, 0.1) is 20.8 Å². The summed E-state index contributed by atoms with van der Waals surface area (Å²) in [4.78, 5) is 11.5. The van der Waals surface area contributed by atoms with Gasteiger partial charge in [0.25, 0.3) is 0 Å². The van der Waals surface area contributed by atoms with Crippen molar-refractivity contribution in [3.8, 4) is 21.9 Å². The maximum absolute atomic E-state index is 5.44. The Morgan fingerprint density at radius 3 is 2.48 bits per heavy atom. The molecule has 0 bridgehead atoms. The zero-order valence-corrected chi connectivity index (χ0v) is 17.8. The number of hydrogen-bond donors (Lipinski definition) is 1. The molecule has 0 fully saturated rings. The van der Waals surface area contributed by atoms with Crippen LogP contribution in [0.4, 0.5) is 5.82 Å². The number of methoxy groups -OCH3 is 2. The van der Waals surface area contributed by atoms with Crippen LogP contribution < -0.4 is 14.8 Å². The van der Waals surface area contributed by atoms with Gasteiger partial charge in [0.05, 0.1) is 37.5 Å². The number of hydrogen-bond acceptors (Lipinski definition) is 8. The molecule has 0 radical (unpaired) electrons. The molecule has 3 aromatic heterocycles. The molecule has 0 unspecified atom stereocenters. The standard InChI is InChI=1S/C21H22N4O3S/c1-11-20(12(2)28-25-11)19-7-6-14(29-19)10-22-21-15-8-17(26-4)18(27-5)9-16(15)23-13(3)24-21/h6-9H,10H2,1-5H3,(H,22,23,24). The van der Waals surface area contributed by atoms with Gasteiger partial charge in [0.15, 0.2) is 11.5 Å². The van der Waals surface area contributed by atoms with Crippen LogP contribution in [-0.4, -0.2) is 29.3 Å². The Morgan fingerprint density at radius 1 is 1.03 bits per heavy atom. The molecule has 0 amide bonds. The average molecular weight is 410 g/mol. The van der Waals surface area contributed by atoms with Crippen molar-refractivity contribution in [2.75, 3.05) is 19.5 Å². The van der Waals surface area contributed by atoms with Crippen LogP contribution >= 0.6 is 11.3 Å². The van der Waals surface area contributed by atoms with E-state index >= 15 is 0 Å². The Bertz CT molecular complexity index is 1160. The van der Waals surface area contributed by atoms with Gasteiger partial charge in [-0.1, -0.05) is 5.16 Å². The fourth-order valence-electron chi connectivity index (χ4n) is 3.32. The predicted molar refractivity (Wildman–Crippen MR) is 114 cm³/mol. The van der Waals surface area contributed by atoms with E-state index in [1.165, 1.54) is 4.88 Å². The van der Waals surface area contributed by atoms with E-state index < -0.39 is 0 Å². The lowest BCUT2D eigenvalue weighted by atomic mass is 10.2. The second-order valence-corrected chi connectivity index (χ2v) is 7.83. The highest BCUT2D eigenvalue weighted by atomic mass is 32.1. The Balaban J connectivity index is 1.63. The second kappa shape index (κ2) is 7.71. The third kappa shape index (κ3) is 3.63. The Labute approximate surface area is 172 Å². The van der Waals surface area contributed by atoms with Gasteiger partial charge in [-0.3, -0.25) is 0 Å². The molecule has 150 valence electrons. The van der Waals surface area contributed by atoms with Gasteiger partial charge in [0, 0.05) is 21.2 Å². The molecule has 0 saturated heterocycles. The predicted octanol–water partition coefficient (Wildman–Crippen LogP) is 4.90. The number of fused-ring (bicyclic) bond motifs is 1. The Hall–Kier alpha value is -3.13. The molecule has 7 nitrogen and oxygen atoms in total. The number of anilines is 1. The number of ether oxygens (including phenoxy) is 2. The molecular formula is C21H22N4O3S. The first kappa shape index (κ1) is 19.2. The normalized spacial score (nSPS) is 11.1. The Kier molecular flexibility index (Phi) is 5.10. The van der Waals surface area contributed by atoms with Crippen LogP contribution in [0.5, 0.6) is 11.5 Å². The van der Waals surface area contributed by atoms with Crippen LogP contribution in [0.15, 0.2) is 28.8 Å². The summed E-state index contributed by atoms with van der Waals surface area (Å²) in [6, 6.07) is 7.98. The van der Waals surface area contributed by atoms with E-state index in [-0.39, 0.29) is 0 Å². The molecule has 8 heteroatoms. The number of aromatic nitrogens is 3. The van der Waals surface area contributed by atoms with Crippen molar-refractivity contribution in [1.82, 2.24) is 15.1 Å². The summed E-state index contributed by atoms with van der Waals surface area (Å²) in [6.07, 6.45) is 0. The largest absolute Gasteiger partial charge is 0.493 e. The van der Waals surface area contributed by atoms with Gasteiger partial charge >= 0.3 is 0 Å². The summed E-state index contributed by atoms with van der Waals surface area (Å²) in [7, 11) is 3.23. The highest BCUT2D eigenvalue weighted by Crippen LogP contribution is 2.35. The summed E-state index contributed by atoms with van der Waals surface area (Å²) < 4.78 is 16.1. The van der Waals surface area contributed by atoms with Crippen LogP contribution in [0.25, 0.3) is 21.3 Å². The van der Waals surface area contributed by atoms with E-state index in [0.29, 0.717) is 23.9 Å². The molecular weight excluding hydrogens is 388 g/mol. The third-order valence-corrected chi connectivity index (χ3v) is 5.79. The summed E-state index contributed by atoms with van der Waals surface area (Å²) >= 11 is 1.71. The minimum Gasteiger partial charge on any atom is -0.493 e. The van der Waals surface area contributed by atoms with Crippen molar-refractivity contribution in [2.24, 2.45) is 0 Å². The van der Waals surface area contributed by atoms with E-state index in [1.54, 1.807) is 25.6 Å². The molecule has 0 aliphatic carbocycles. The average Bonchev–Trinajstić information content (AvgIpc) is 3.30. The summed E-state index contributed by atoms with van der Waals surface area (Å²) in [5, 5.41) is 8.38. The van der Waals surface area contributed by atoms with E-state index in [0.717, 1.165) is 38.6 Å². The number of thiophene rings is 1. The quantitative estimate of drug-likeness (QED) is 0.484. The molecule has 1 N–H and O–H groups in total. The number of aryl methyl sites for hydroxylation is 3. The van der Waals surface area contributed by atoms with E-state index in [2.05, 4.69) is 32.6 Å². The van der Waals surface area contributed by atoms with Gasteiger partial charge in [0.1, 0.15) is 17.4 Å². The van der Waals surface area contributed by atoms with Crippen LogP contribution in [-0.2, 0) is 6.54 Å². The lowest BCUT2D eigenvalue weighted by Crippen LogP contribution is -2.04. The molecule has 0 saturated carbocycles. The number of nitrogens with one attached hydrogen (secondary N) is 1. The highest BCUT2D eigenvalue weighted by molar-refractivity contribution is 7.15. The third-order valence-electron chi connectivity index (χ3n) is 4.68. The van der Waals surface area contributed by atoms with Crippen LogP contribution in [0.3, 0.4) is 0 Å². The van der Waals surface area contributed by atoms with Gasteiger partial charge in [-0.2, -0.15) is 0 Å². The van der Waals surface area contributed by atoms with Crippen molar-refractivity contribution < 1.29 is 14.0 Å². The molecule has 1 aromatic carbocycles. The molecule has 4 aromatic rings. The highest BCUT2D eigenvalue weighted by Gasteiger charge is 2.15. The van der Waals surface area contributed by atoms with Crippen molar-refractivity contribution in [2.45, 2.75) is 27.3 Å². The van der Waals surface area contributed by atoms with Gasteiger partial charge in [-0.25, -0.2) is 9.97 Å². The first-order valence-electron chi connectivity index (χ1n) is 9.16. The maximum atomic E-state index is 5.44. The minimum atomic E-state index is 0.645. The number of nitrogens with zero attached hydrogens (tertiary/aromatic N) is 3. The first-order chi connectivity index (χ1) is 14.0. The molecule has 0 spiro atoms. The lowest BCUT2D eigenvalue weighted by Gasteiger charge is -2.12. The number of rotatable bonds is 6. The summed E-state index contributed by atoms with van der Waals surface area (Å²) in [6.45, 7) is 6.42. The van der Waals surface area contributed by atoms with Gasteiger partial charge in [0.2, 0.25) is 0 Å². The summed E-state index contributed by atoms with van der Waals surface area (Å²) in [5.41, 5.74) is 2.78. The van der Waals surface area contributed by atoms with Gasteiger partial charge < -0.3 is 19.3 Å². The fourth-order valence-corrected chi connectivity index (χ4v) is 4.41. The topological polar surface area (TPSA) is 82.3 Å². The van der Waals surface area contributed by atoms with Crippen LogP contribution in [0.1, 0.15) is 22.2 Å².